The molecule has 0 fully saturated rings. The summed E-state index contributed by atoms with van der Waals surface area (Å²) in [6, 6.07) is 7.12. The molecule has 1 aromatic rings. The minimum atomic E-state index is -0.455. The van der Waals surface area contributed by atoms with Crippen LogP contribution in [0.4, 0.5) is 0 Å². The van der Waals surface area contributed by atoms with E-state index in [2.05, 4.69) is 10.5 Å². The topological polar surface area (TPSA) is 67.5 Å². The third-order valence-electron chi connectivity index (χ3n) is 2.19. The van der Waals surface area contributed by atoms with Crippen molar-refractivity contribution in [2.75, 3.05) is 0 Å². The molecule has 0 bridgehead atoms. The second kappa shape index (κ2) is 4.44. The normalized spacial score (nSPS) is 13.9. The van der Waals surface area contributed by atoms with Crippen molar-refractivity contribution < 1.29 is 4.79 Å². The van der Waals surface area contributed by atoms with Gasteiger partial charge in [0.15, 0.2) is 0 Å². The zero-order valence-corrected chi connectivity index (χ0v) is 8.55. The number of nitrogens with two attached hydrogens (primary N) is 1. The fraction of sp³-hybridized carbons (Fsp3) is 0. The number of nitrogens with zero attached hydrogens (tertiary/aromatic N) is 1. The first-order valence-electron chi connectivity index (χ1n) is 4.84. The summed E-state index contributed by atoms with van der Waals surface area (Å²) < 4.78 is 0. The average molecular weight is 213 g/mol. The minimum absolute atomic E-state index is 0.455. The quantitative estimate of drug-likeness (QED) is 0.774. The summed E-state index contributed by atoms with van der Waals surface area (Å²) in [5, 5.41) is 4.12. The number of benzene rings is 1. The van der Waals surface area contributed by atoms with Crippen LogP contribution in [0.5, 0.6) is 0 Å². The Balaban J connectivity index is 2.48. The van der Waals surface area contributed by atoms with Crippen molar-refractivity contribution in [3.63, 3.8) is 0 Å². The lowest BCUT2D eigenvalue weighted by atomic mass is 10.0. The molecule has 0 unspecified atom stereocenters. The maximum Gasteiger partial charge on any atom is 0.249 e. The molecule has 1 amide bonds. The molecule has 0 atom stereocenters. The zero-order valence-electron chi connectivity index (χ0n) is 8.55. The largest absolute Gasteiger partial charge is 0.366 e. The van der Waals surface area contributed by atoms with Crippen LogP contribution in [0.15, 0.2) is 53.8 Å². The van der Waals surface area contributed by atoms with Crippen LogP contribution in [0, 0.1) is 0 Å². The van der Waals surface area contributed by atoms with Gasteiger partial charge >= 0.3 is 0 Å². The van der Waals surface area contributed by atoms with E-state index in [1.54, 1.807) is 18.3 Å². The molecule has 1 heterocycles. The van der Waals surface area contributed by atoms with E-state index in [0.29, 0.717) is 11.3 Å². The van der Waals surface area contributed by atoms with Gasteiger partial charge in [-0.2, -0.15) is 5.10 Å². The first-order valence-corrected chi connectivity index (χ1v) is 4.84. The average Bonchev–Trinajstić information content (AvgIpc) is 2.57. The molecule has 4 nitrogen and oxygen atoms in total. The van der Waals surface area contributed by atoms with E-state index in [1.165, 1.54) is 0 Å². The number of hydrogen-bond donors (Lipinski definition) is 2. The van der Waals surface area contributed by atoms with Gasteiger partial charge in [0.2, 0.25) is 5.91 Å². The van der Waals surface area contributed by atoms with Crippen LogP contribution in [-0.2, 0) is 0 Å². The smallest absolute Gasteiger partial charge is 0.249 e. The summed E-state index contributed by atoms with van der Waals surface area (Å²) >= 11 is 0. The Morgan fingerprint density at radius 1 is 1.25 bits per heavy atom. The van der Waals surface area contributed by atoms with E-state index in [9.17, 15) is 4.79 Å². The van der Waals surface area contributed by atoms with Gasteiger partial charge in [-0.05, 0) is 18.2 Å². The number of allylic oxidation sites excluding steroid dienone is 3. The zero-order chi connectivity index (χ0) is 11.4. The Morgan fingerprint density at radius 2 is 2.06 bits per heavy atom. The molecule has 0 aromatic heterocycles. The Kier molecular flexibility index (Phi) is 2.82. The second-order valence-electron chi connectivity index (χ2n) is 3.25. The summed E-state index contributed by atoms with van der Waals surface area (Å²) in [6.45, 7) is 0. The lowest BCUT2D eigenvalue weighted by Crippen LogP contribution is -2.16. The molecule has 1 aromatic carbocycles. The molecule has 2 rings (SSSR count). The molecule has 80 valence electrons. The van der Waals surface area contributed by atoms with Gasteiger partial charge in [-0.25, -0.2) is 0 Å². The van der Waals surface area contributed by atoms with Crippen molar-refractivity contribution in [1.82, 2.24) is 5.43 Å². The Morgan fingerprint density at radius 3 is 2.88 bits per heavy atom. The third-order valence-corrected chi connectivity index (χ3v) is 2.19. The van der Waals surface area contributed by atoms with Crippen molar-refractivity contribution >= 4 is 11.6 Å². The number of amides is 1. The number of rotatable bonds is 2. The first kappa shape index (κ1) is 10.2. The van der Waals surface area contributed by atoms with Crippen molar-refractivity contribution in [2.24, 2.45) is 10.8 Å². The minimum Gasteiger partial charge on any atom is -0.366 e. The fourth-order valence-electron chi connectivity index (χ4n) is 1.46. The highest BCUT2D eigenvalue weighted by molar-refractivity contribution is 6.15. The lowest BCUT2D eigenvalue weighted by Gasteiger charge is -2.05. The van der Waals surface area contributed by atoms with E-state index < -0.39 is 5.91 Å². The number of carbonyl (C=O) groups is 1. The Labute approximate surface area is 93.2 Å². The Hall–Kier alpha value is -2.36. The molecular weight excluding hydrogens is 202 g/mol. The predicted octanol–water partition coefficient (Wildman–Crippen LogP) is 1.16. The van der Waals surface area contributed by atoms with Crippen molar-refractivity contribution in [2.45, 2.75) is 0 Å². The van der Waals surface area contributed by atoms with Crippen LogP contribution in [0.25, 0.3) is 0 Å². The number of carbonyl (C=O) groups excluding carboxylic acids is 1. The third kappa shape index (κ3) is 2.00. The highest BCUT2D eigenvalue weighted by atomic mass is 16.1. The van der Waals surface area contributed by atoms with E-state index >= 15 is 0 Å². The van der Waals surface area contributed by atoms with Gasteiger partial charge in [-0.3, -0.25) is 10.2 Å². The molecular formula is C12H11N3O. The van der Waals surface area contributed by atoms with Crippen molar-refractivity contribution in [3.8, 4) is 0 Å². The van der Waals surface area contributed by atoms with Gasteiger partial charge in [-0.15, -0.1) is 0 Å². The molecule has 0 radical (unpaired) electrons. The summed E-state index contributed by atoms with van der Waals surface area (Å²) in [5.41, 5.74) is 9.93. The number of nitrogens with one attached hydrogen (secondary N) is 1. The van der Waals surface area contributed by atoms with E-state index in [1.807, 2.05) is 30.4 Å². The van der Waals surface area contributed by atoms with Crippen LogP contribution in [0.1, 0.15) is 15.9 Å². The van der Waals surface area contributed by atoms with Gasteiger partial charge in [0.25, 0.3) is 0 Å². The van der Waals surface area contributed by atoms with Gasteiger partial charge in [0.1, 0.15) is 0 Å². The van der Waals surface area contributed by atoms with Gasteiger partial charge in [0.05, 0.1) is 5.71 Å². The molecule has 4 heteroatoms. The maximum absolute atomic E-state index is 11.3. The van der Waals surface area contributed by atoms with Crippen LogP contribution in [0.2, 0.25) is 0 Å². The molecule has 0 spiro atoms. The summed E-state index contributed by atoms with van der Waals surface area (Å²) in [4.78, 5) is 11.3. The molecule has 16 heavy (non-hydrogen) atoms. The summed E-state index contributed by atoms with van der Waals surface area (Å²) in [7, 11) is 0. The molecule has 1 aliphatic heterocycles. The molecule has 1 aliphatic rings. The predicted molar refractivity (Wildman–Crippen MR) is 62.9 cm³/mol. The maximum atomic E-state index is 11.3. The molecule has 0 saturated carbocycles. The fourth-order valence-corrected chi connectivity index (χ4v) is 1.46. The summed E-state index contributed by atoms with van der Waals surface area (Å²) in [6.07, 6.45) is 7.19. The summed E-state index contributed by atoms with van der Waals surface area (Å²) in [5.74, 6) is -0.455. The van der Waals surface area contributed by atoms with Crippen LogP contribution >= 0.6 is 0 Å². The van der Waals surface area contributed by atoms with Crippen molar-refractivity contribution in [3.05, 3.63) is 59.8 Å². The SMILES string of the molecule is NC(=O)c1ccccc1C1=NNC=CC=C1. The lowest BCUT2D eigenvalue weighted by molar-refractivity contribution is 0.1000. The molecule has 0 aliphatic carbocycles. The monoisotopic (exact) mass is 213 g/mol. The van der Waals surface area contributed by atoms with Crippen LogP contribution < -0.4 is 11.2 Å². The second-order valence-corrected chi connectivity index (χ2v) is 3.25. The van der Waals surface area contributed by atoms with Crippen LogP contribution in [-0.4, -0.2) is 11.6 Å². The first-order chi connectivity index (χ1) is 7.79. The number of primary amides is 1. The Bertz CT molecular complexity index is 501. The van der Waals surface area contributed by atoms with E-state index in [0.717, 1.165) is 5.56 Å². The van der Waals surface area contributed by atoms with Gasteiger partial charge < -0.3 is 5.73 Å². The molecule has 0 saturated heterocycles. The van der Waals surface area contributed by atoms with Gasteiger partial charge in [0, 0.05) is 17.3 Å². The highest BCUT2D eigenvalue weighted by Crippen LogP contribution is 2.11. The van der Waals surface area contributed by atoms with Gasteiger partial charge in [-0.1, -0.05) is 24.3 Å². The van der Waals surface area contributed by atoms with Crippen molar-refractivity contribution in [1.29, 1.82) is 0 Å². The number of hydrazone groups is 1. The number of hydrogen-bond acceptors (Lipinski definition) is 3. The highest BCUT2D eigenvalue weighted by Gasteiger charge is 2.10. The standard InChI is InChI=1S/C12H11N3O/c13-12(16)10-6-2-1-5-9(10)11-7-3-4-8-14-15-11/h1-8,14H,(H2,13,16). The van der Waals surface area contributed by atoms with E-state index in [-0.39, 0.29) is 0 Å². The van der Waals surface area contributed by atoms with Crippen LogP contribution in [0.3, 0.4) is 0 Å². The molecule has 3 N–H and O–H groups in total. The van der Waals surface area contributed by atoms with E-state index in [4.69, 9.17) is 5.73 Å².